The van der Waals surface area contributed by atoms with E-state index in [2.05, 4.69) is 15.5 Å². The van der Waals surface area contributed by atoms with E-state index in [1.807, 2.05) is 38.4 Å². The summed E-state index contributed by atoms with van der Waals surface area (Å²) < 4.78 is 5.42. The monoisotopic (exact) mass is 263 g/mol. The Balaban J connectivity index is 1.96. The minimum atomic E-state index is -0.397. The number of benzene rings is 1. The van der Waals surface area contributed by atoms with Gasteiger partial charge in [-0.05, 0) is 31.8 Å². The number of rotatable bonds is 4. The predicted molar refractivity (Wildman–Crippen MR) is 75.1 cm³/mol. The van der Waals surface area contributed by atoms with Gasteiger partial charge in [-0.2, -0.15) is 0 Å². The van der Waals surface area contributed by atoms with E-state index in [0.717, 1.165) is 18.8 Å². The molecule has 1 unspecified atom stereocenters. The van der Waals surface area contributed by atoms with Crippen molar-refractivity contribution < 1.29 is 9.53 Å². The number of hydrogen-bond donors (Lipinski definition) is 2. The van der Waals surface area contributed by atoms with E-state index in [1.165, 1.54) is 5.56 Å². The van der Waals surface area contributed by atoms with Crippen LogP contribution in [-0.4, -0.2) is 50.7 Å². The van der Waals surface area contributed by atoms with Crippen LogP contribution in [0.3, 0.4) is 0 Å². The van der Waals surface area contributed by atoms with Gasteiger partial charge in [0.15, 0.2) is 0 Å². The van der Waals surface area contributed by atoms with E-state index in [0.29, 0.717) is 13.2 Å². The fourth-order valence-electron chi connectivity index (χ4n) is 2.07. The zero-order chi connectivity index (χ0) is 13.7. The number of carbonyl (C=O) groups excluding carboxylic acids is 1. The van der Waals surface area contributed by atoms with Crippen LogP contribution in [0.5, 0.6) is 0 Å². The van der Waals surface area contributed by atoms with Gasteiger partial charge >= 0.3 is 0 Å². The zero-order valence-corrected chi connectivity index (χ0v) is 11.5. The number of carbonyl (C=O) groups is 1. The molecule has 0 aliphatic carbocycles. The molecule has 1 atom stereocenters. The first-order valence-corrected chi connectivity index (χ1v) is 6.52. The van der Waals surface area contributed by atoms with Gasteiger partial charge in [-0.3, -0.25) is 4.79 Å². The fourth-order valence-corrected chi connectivity index (χ4v) is 2.07. The third kappa shape index (κ3) is 4.31. The Labute approximate surface area is 113 Å². The number of anilines is 1. The Kier molecular flexibility index (Phi) is 4.90. The maximum Gasteiger partial charge on any atom is 0.254 e. The standard InChI is InChI=1S/C14H21N3O2/c1-17(2)10-11-4-3-5-12(8-11)16-14(18)13-9-15-6-7-19-13/h3-5,8,13,15H,6-7,9-10H2,1-2H3,(H,16,18). The van der Waals surface area contributed by atoms with Crippen molar-refractivity contribution in [1.82, 2.24) is 10.2 Å². The van der Waals surface area contributed by atoms with E-state index in [4.69, 9.17) is 4.74 Å². The number of morpholine rings is 1. The minimum Gasteiger partial charge on any atom is -0.366 e. The molecule has 1 aliphatic heterocycles. The minimum absolute atomic E-state index is 0.0887. The molecule has 1 aromatic carbocycles. The molecule has 1 fully saturated rings. The lowest BCUT2D eigenvalue weighted by molar-refractivity contribution is -0.128. The van der Waals surface area contributed by atoms with Crippen LogP contribution in [0.4, 0.5) is 5.69 Å². The lowest BCUT2D eigenvalue weighted by Crippen LogP contribution is -2.45. The van der Waals surface area contributed by atoms with Crippen molar-refractivity contribution >= 4 is 11.6 Å². The smallest absolute Gasteiger partial charge is 0.254 e. The highest BCUT2D eigenvalue weighted by Gasteiger charge is 2.21. The van der Waals surface area contributed by atoms with Gasteiger partial charge in [0, 0.05) is 25.3 Å². The Bertz CT molecular complexity index is 428. The summed E-state index contributed by atoms with van der Waals surface area (Å²) in [7, 11) is 4.04. The van der Waals surface area contributed by atoms with Gasteiger partial charge in [0.1, 0.15) is 6.10 Å². The van der Waals surface area contributed by atoms with Crippen molar-refractivity contribution in [1.29, 1.82) is 0 Å². The lowest BCUT2D eigenvalue weighted by atomic mass is 10.2. The largest absolute Gasteiger partial charge is 0.366 e. The number of nitrogens with one attached hydrogen (secondary N) is 2. The second-order valence-electron chi connectivity index (χ2n) is 4.99. The van der Waals surface area contributed by atoms with Crippen LogP contribution in [0.25, 0.3) is 0 Å². The van der Waals surface area contributed by atoms with Gasteiger partial charge in [-0.25, -0.2) is 0 Å². The second-order valence-corrected chi connectivity index (χ2v) is 4.99. The van der Waals surface area contributed by atoms with E-state index >= 15 is 0 Å². The van der Waals surface area contributed by atoms with E-state index in [9.17, 15) is 4.79 Å². The maximum atomic E-state index is 12.0. The Morgan fingerprint density at radius 3 is 3.05 bits per heavy atom. The first-order valence-electron chi connectivity index (χ1n) is 6.52. The second kappa shape index (κ2) is 6.65. The molecule has 0 aromatic heterocycles. The van der Waals surface area contributed by atoms with E-state index in [-0.39, 0.29) is 5.91 Å². The van der Waals surface area contributed by atoms with Crippen molar-refractivity contribution in [2.45, 2.75) is 12.6 Å². The normalized spacial score (nSPS) is 19.4. The number of ether oxygens (including phenoxy) is 1. The van der Waals surface area contributed by atoms with E-state index in [1.54, 1.807) is 0 Å². The van der Waals surface area contributed by atoms with Crippen LogP contribution in [0, 0.1) is 0 Å². The van der Waals surface area contributed by atoms with Gasteiger partial charge in [-0.1, -0.05) is 12.1 Å². The maximum absolute atomic E-state index is 12.0. The van der Waals surface area contributed by atoms with Crippen LogP contribution >= 0.6 is 0 Å². The summed E-state index contributed by atoms with van der Waals surface area (Å²) in [6.07, 6.45) is -0.397. The van der Waals surface area contributed by atoms with Crippen LogP contribution < -0.4 is 10.6 Å². The topological polar surface area (TPSA) is 53.6 Å². The highest BCUT2D eigenvalue weighted by Crippen LogP contribution is 2.13. The predicted octanol–water partition coefficient (Wildman–Crippen LogP) is 0.675. The van der Waals surface area contributed by atoms with Crippen LogP contribution in [0.1, 0.15) is 5.56 Å². The molecule has 1 aromatic rings. The number of amides is 1. The molecule has 2 rings (SSSR count). The molecule has 0 saturated carbocycles. The molecule has 0 radical (unpaired) electrons. The molecule has 2 N–H and O–H groups in total. The molecule has 19 heavy (non-hydrogen) atoms. The molecule has 104 valence electrons. The Hall–Kier alpha value is -1.43. The summed E-state index contributed by atoms with van der Waals surface area (Å²) >= 11 is 0. The van der Waals surface area contributed by atoms with Gasteiger partial charge in [-0.15, -0.1) is 0 Å². The third-order valence-electron chi connectivity index (χ3n) is 2.91. The molecular weight excluding hydrogens is 242 g/mol. The van der Waals surface area contributed by atoms with Gasteiger partial charge < -0.3 is 20.3 Å². The number of nitrogens with zero attached hydrogens (tertiary/aromatic N) is 1. The molecular formula is C14H21N3O2. The zero-order valence-electron chi connectivity index (χ0n) is 11.5. The summed E-state index contributed by atoms with van der Waals surface area (Å²) in [5.41, 5.74) is 1.99. The molecule has 1 heterocycles. The molecule has 0 spiro atoms. The molecule has 1 aliphatic rings. The van der Waals surface area contributed by atoms with Crippen molar-refractivity contribution in [3.05, 3.63) is 29.8 Å². The van der Waals surface area contributed by atoms with Crippen LogP contribution in [0.15, 0.2) is 24.3 Å². The summed E-state index contributed by atoms with van der Waals surface area (Å²) in [6.45, 7) is 2.81. The summed E-state index contributed by atoms with van der Waals surface area (Å²) in [5.74, 6) is -0.0887. The van der Waals surface area contributed by atoms with Gasteiger partial charge in [0.05, 0.1) is 6.61 Å². The van der Waals surface area contributed by atoms with Crippen LogP contribution in [-0.2, 0) is 16.1 Å². The van der Waals surface area contributed by atoms with Crippen molar-refractivity contribution in [2.24, 2.45) is 0 Å². The Morgan fingerprint density at radius 2 is 2.37 bits per heavy atom. The van der Waals surface area contributed by atoms with Gasteiger partial charge in [0.2, 0.25) is 0 Å². The highest BCUT2D eigenvalue weighted by atomic mass is 16.5. The van der Waals surface area contributed by atoms with Crippen molar-refractivity contribution in [2.75, 3.05) is 39.1 Å². The summed E-state index contributed by atoms with van der Waals surface area (Å²) in [6, 6.07) is 7.89. The van der Waals surface area contributed by atoms with Gasteiger partial charge in [0.25, 0.3) is 5.91 Å². The average Bonchev–Trinajstić information content (AvgIpc) is 2.39. The first-order chi connectivity index (χ1) is 9.15. The lowest BCUT2D eigenvalue weighted by Gasteiger charge is -2.22. The Morgan fingerprint density at radius 1 is 1.53 bits per heavy atom. The highest BCUT2D eigenvalue weighted by molar-refractivity contribution is 5.94. The number of hydrogen-bond acceptors (Lipinski definition) is 4. The quantitative estimate of drug-likeness (QED) is 0.838. The van der Waals surface area contributed by atoms with E-state index < -0.39 is 6.10 Å². The van der Waals surface area contributed by atoms with Crippen LogP contribution in [0.2, 0.25) is 0 Å². The average molecular weight is 263 g/mol. The molecule has 1 saturated heterocycles. The fraction of sp³-hybridized carbons (Fsp3) is 0.500. The molecule has 5 heteroatoms. The molecule has 5 nitrogen and oxygen atoms in total. The first kappa shape index (κ1) is 14.0. The molecule has 0 bridgehead atoms. The molecule has 1 amide bonds. The van der Waals surface area contributed by atoms with Crippen molar-refractivity contribution in [3.63, 3.8) is 0 Å². The van der Waals surface area contributed by atoms with Crippen molar-refractivity contribution in [3.8, 4) is 0 Å². The third-order valence-corrected chi connectivity index (χ3v) is 2.91. The SMILES string of the molecule is CN(C)Cc1cccc(NC(=O)C2CNCCO2)c1. The summed E-state index contributed by atoms with van der Waals surface area (Å²) in [5, 5.41) is 6.05. The summed E-state index contributed by atoms with van der Waals surface area (Å²) in [4.78, 5) is 14.1.